The summed E-state index contributed by atoms with van der Waals surface area (Å²) < 4.78 is 1.66. The lowest BCUT2D eigenvalue weighted by molar-refractivity contribution is 0.0912. The minimum absolute atomic E-state index is 0.0412. The topological polar surface area (TPSA) is 67.2 Å². The molecule has 31 heavy (non-hydrogen) atoms. The Balaban J connectivity index is 1.40. The second-order valence-electron chi connectivity index (χ2n) is 8.34. The fourth-order valence-corrected chi connectivity index (χ4v) is 5.23. The third-order valence-electron chi connectivity index (χ3n) is 6.05. The van der Waals surface area contributed by atoms with Crippen LogP contribution in [-0.4, -0.2) is 39.5 Å². The maximum atomic E-state index is 13.0. The van der Waals surface area contributed by atoms with E-state index in [2.05, 4.69) is 46.4 Å². The van der Waals surface area contributed by atoms with Crippen LogP contribution in [0.25, 0.3) is 10.2 Å². The summed E-state index contributed by atoms with van der Waals surface area (Å²) >= 11 is 1.32. The molecule has 3 heterocycles. The van der Waals surface area contributed by atoms with Gasteiger partial charge in [-0.15, -0.1) is 11.3 Å². The maximum Gasteiger partial charge on any atom is 0.262 e. The second-order valence-corrected chi connectivity index (χ2v) is 9.34. The molecule has 1 N–H and O–H groups in total. The van der Waals surface area contributed by atoms with E-state index in [1.807, 2.05) is 13.0 Å². The first-order valence-electron chi connectivity index (χ1n) is 11.1. The largest absolute Gasteiger partial charge is 0.349 e. The van der Waals surface area contributed by atoms with Crippen LogP contribution in [0.4, 0.5) is 0 Å². The zero-order valence-electron chi connectivity index (χ0n) is 18.3. The lowest BCUT2D eigenvalue weighted by Gasteiger charge is -2.32. The Labute approximate surface area is 186 Å². The van der Waals surface area contributed by atoms with Gasteiger partial charge in [0.05, 0.1) is 16.6 Å². The lowest BCUT2D eigenvalue weighted by atomic mass is 10.0. The summed E-state index contributed by atoms with van der Waals surface area (Å²) in [6.45, 7) is 7.51. The summed E-state index contributed by atoms with van der Waals surface area (Å²) in [6, 6.07) is 10.7. The zero-order chi connectivity index (χ0) is 21.8. The molecule has 0 spiro atoms. The van der Waals surface area contributed by atoms with Gasteiger partial charge in [0, 0.05) is 32.2 Å². The van der Waals surface area contributed by atoms with Crippen molar-refractivity contribution < 1.29 is 4.79 Å². The van der Waals surface area contributed by atoms with Crippen LogP contribution in [0, 0.1) is 6.92 Å². The molecular weight excluding hydrogens is 408 g/mol. The number of hydrogen-bond donors (Lipinski definition) is 1. The molecule has 2 aromatic heterocycles. The molecule has 1 aromatic carbocycles. The highest BCUT2D eigenvalue weighted by Gasteiger charge is 2.24. The third-order valence-corrected chi connectivity index (χ3v) is 7.25. The van der Waals surface area contributed by atoms with Gasteiger partial charge >= 0.3 is 0 Å². The van der Waals surface area contributed by atoms with Gasteiger partial charge in [0.25, 0.3) is 11.5 Å². The van der Waals surface area contributed by atoms with Crippen LogP contribution in [0.5, 0.6) is 0 Å². The van der Waals surface area contributed by atoms with Crippen molar-refractivity contribution in [2.45, 2.75) is 58.7 Å². The van der Waals surface area contributed by atoms with Crippen molar-refractivity contribution in [3.63, 3.8) is 0 Å². The van der Waals surface area contributed by atoms with Crippen LogP contribution < -0.4 is 10.9 Å². The smallest absolute Gasteiger partial charge is 0.262 e. The molecule has 0 aliphatic carbocycles. The summed E-state index contributed by atoms with van der Waals surface area (Å²) in [6.07, 6.45) is 5.44. The molecule has 1 fully saturated rings. The highest BCUT2D eigenvalue weighted by atomic mass is 32.1. The number of aryl methyl sites for hydroxylation is 2. The van der Waals surface area contributed by atoms with Crippen molar-refractivity contribution >= 4 is 27.5 Å². The molecule has 0 radical (unpaired) electrons. The van der Waals surface area contributed by atoms with Crippen LogP contribution in [0.2, 0.25) is 0 Å². The minimum atomic E-state index is -0.0819. The number of aromatic nitrogens is 2. The molecule has 1 aliphatic rings. The quantitative estimate of drug-likeness (QED) is 0.606. The van der Waals surface area contributed by atoms with E-state index >= 15 is 0 Å². The van der Waals surface area contributed by atoms with Crippen molar-refractivity contribution in [1.82, 2.24) is 19.8 Å². The summed E-state index contributed by atoms with van der Waals surface area (Å²) in [7, 11) is 0. The molecular formula is C24H30N4O2S. The van der Waals surface area contributed by atoms with E-state index in [0.29, 0.717) is 21.6 Å². The van der Waals surface area contributed by atoms with E-state index in [0.717, 1.165) is 50.9 Å². The van der Waals surface area contributed by atoms with Gasteiger partial charge in [-0.2, -0.15) is 0 Å². The van der Waals surface area contributed by atoms with Crippen LogP contribution >= 0.6 is 11.3 Å². The Bertz CT molecular complexity index is 1100. The average Bonchev–Trinajstić information content (AvgIpc) is 3.13. The van der Waals surface area contributed by atoms with Crippen molar-refractivity contribution in [3.8, 4) is 0 Å². The van der Waals surface area contributed by atoms with Gasteiger partial charge in [-0.1, -0.05) is 43.7 Å². The normalized spacial score (nSPS) is 15.4. The third kappa shape index (κ3) is 4.88. The number of thiophene rings is 1. The SMILES string of the molecule is CCCCn1cnc2sc(C(=O)NC3CCN(Cc4ccccc4)CC3)c(C)c2c1=O. The van der Waals surface area contributed by atoms with E-state index in [1.165, 1.54) is 16.9 Å². The zero-order valence-corrected chi connectivity index (χ0v) is 19.1. The van der Waals surface area contributed by atoms with Crippen LogP contribution in [0.3, 0.4) is 0 Å². The molecule has 0 bridgehead atoms. The van der Waals surface area contributed by atoms with Gasteiger partial charge < -0.3 is 5.32 Å². The van der Waals surface area contributed by atoms with Crippen LogP contribution in [0.1, 0.15) is 53.4 Å². The van der Waals surface area contributed by atoms with Gasteiger partial charge in [-0.3, -0.25) is 19.1 Å². The Morgan fingerprint density at radius 1 is 1.23 bits per heavy atom. The number of carbonyl (C=O) groups is 1. The summed E-state index contributed by atoms with van der Waals surface area (Å²) in [5.74, 6) is -0.0819. The van der Waals surface area contributed by atoms with Crippen molar-refractivity contribution in [2.24, 2.45) is 0 Å². The van der Waals surface area contributed by atoms with E-state index < -0.39 is 0 Å². The van der Waals surface area contributed by atoms with Gasteiger partial charge in [0.1, 0.15) is 4.83 Å². The Hall–Kier alpha value is -2.51. The molecule has 3 aromatic rings. The van der Waals surface area contributed by atoms with E-state index in [4.69, 9.17) is 0 Å². The Morgan fingerprint density at radius 3 is 2.68 bits per heavy atom. The molecule has 4 rings (SSSR count). The molecule has 0 saturated carbocycles. The Morgan fingerprint density at radius 2 is 1.97 bits per heavy atom. The lowest BCUT2D eigenvalue weighted by Crippen LogP contribution is -2.44. The van der Waals surface area contributed by atoms with E-state index in [-0.39, 0.29) is 17.5 Å². The summed E-state index contributed by atoms with van der Waals surface area (Å²) in [4.78, 5) is 34.0. The molecule has 0 unspecified atom stereocenters. The molecule has 1 amide bonds. The molecule has 164 valence electrons. The highest BCUT2D eigenvalue weighted by Crippen LogP contribution is 2.27. The predicted octanol–water partition coefficient (Wildman–Crippen LogP) is 3.96. The number of fused-ring (bicyclic) bond motifs is 1. The number of nitrogens with zero attached hydrogens (tertiary/aromatic N) is 3. The Kier molecular flexibility index (Phi) is 6.83. The molecule has 6 nitrogen and oxygen atoms in total. The van der Waals surface area contributed by atoms with Gasteiger partial charge in [0.15, 0.2) is 0 Å². The fraction of sp³-hybridized carbons (Fsp3) is 0.458. The first-order valence-corrected chi connectivity index (χ1v) is 11.9. The van der Waals surface area contributed by atoms with E-state index in [1.54, 1.807) is 10.9 Å². The number of likely N-dealkylation sites (tertiary alicyclic amines) is 1. The first-order chi connectivity index (χ1) is 15.1. The highest BCUT2D eigenvalue weighted by molar-refractivity contribution is 7.20. The average molecular weight is 439 g/mol. The minimum Gasteiger partial charge on any atom is -0.349 e. The van der Waals surface area contributed by atoms with Gasteiger partial charge in [-0.25, -0.2) is 4.98 Å². The summed E-state index contributed by atoms with van der Waals surface area (Å²) in [5, 5.41) is 3.79. The number of amides is 1. The van der Waals surface area contributed by atoms with Crippen molar-refractivity contribution in [3.05, 3.63) is 63.0 Å². The number of carbonyl (C=O) groups excluding carboxylic acids is 1. The number of benzene rings is 1. The summed E-state index contributed by atoms with van der Waals surface area (Å²) in [5.41, 5.74) is 2.03. The maximum absolute atomic E-state index is 13.0. The predicted molar refractivity (Wildman–Crippen MR) is 126 cm³/mol. The number of piperidine rings is 1. The van der Waals surface area contributed by atoms with Gasteiger partial charge in [0.2, 0.25) is 0 Å². The van der Waals surface area contributed by atoms with E-state index in [9.17, 15) is 9.59 Å². The number of nitrogens with one attached hydrogen (secondary N) is 1. The molecule has 1 saturated heterocycles. The molecule has 0 atom stereocenters. The molecule has 1 aliphatic heterocycles. The first kappa shape index (κ1) is 21.7. The number of unbranched alkanes of at least 4 members (excludes halogenated alkanes) is 1. The fourth-order valence-electron chi connectivity index (χ4n) is 4.19. The van der Waals surface area contributed by atoms with Crippen LogP contribution in [0.15, 0.2) is 41.5 Å². The second kappa shape index (κ2) is 9.75. The van der Waals surface area contributed by atoms with Crippen molar-refractivity contribution in [1.29, 1.82) is 0 Å². The standard InChI is InChI=1S/C24H30N4O2S/c1-3-4-12-28-16-25-23-20(24(28)30)17(2)21(31-23)22(29)26-19-10-13-27(14-11-19)15-18-8-6-5-7-9-18/h5-9,16,19H,3-4,10-15H2,1-2H3,(H,26,29). The number of rotatable bonds is 7. The van der Waals surface area contributed by atoms with Crippen molar-refractivity contribution in [2.75, 3.05) is 13.1 Å². The monoisotopic (exact) mass is 438 g/mol. The van der Waals surface area contributed by atoms with Gasteiger partial charge in [-0.05, 0) is 37.3 Å². The molecule has 7 heteroatoms. The van der Waals surface area contributed by atoms with Crippen LogP contribution in [-0.2, 0) is 13.1 Å². The number of hydrogen-bond acceptors (Lipinski definition) is 5.